The van der Waals surface area contributed by atoms with Crippen LogP contribution < -0.4 is 10.9 Å². The van der Waals surface area contributed by atoms with Crippen molar-refractivity contribution in [2.24, 2.45) is 0 Å². The molecule has 2 N–H and O–H groups in total. The molecule has 0 aliphatic carbocycles. The van der Waals surface area contributed by atoms with Gasteiger partial charge in [-0.25, -0.2) is 4.98 Å². The maximum absolute atomic E-state index is 12.7. The van der Waals surface area contributed by atoms with Crippen LogP contribution in [0.4, 0.5) is 0 Å². The van der Waals surface area contributed by atoms with E-state index in [1.807, 2.05) is 36.5 Å². The first-order chi connectivity index (χ1) is 14.2. The molecule has 6 nitrogen and oxygen atoms in total. The van der Waals surface area contributed by atoms with Crippen LogP contribution in [-0.4, -0.2) is 26.8 Å². The minimum atomic E-state index is -0.216. The molecule has 0 aliphatic rings. The van der Waals surface area contributed by atoms with E-state index >= 15 is 0 Å². The molecule has 0 fully saturated rings. The number of fused-ring (bicyclic) bond motifs is 3. The molecule has 1 amide bonds. The highest BCUT2D eigenvalue weighted by molar-refractivity contribution is 5.94. The van der Waals surface area contributed by atoms with Gasteiger partial charge in [0.2, 0.25) is 0 Å². The minimum Gasteiger partial charge on any atom is -0.361 e. The third kappa shape index (κ3) is 3.04. The van der Waals surface area contributed by atoms with E-state index in [2.05, 4.69) is 21.4 Å². The van der Waals surface area contributed by atoms with Gasteiger partial charge in [-0.05, 0) is 42.3 Å². The molecule has 0 bridgehead atoms. The Morgan fingerprint density at radius 1 is 1.00 bits per heavy atom. The number of nitrogens with zero attached hydrogens (tertiary/aromatic N) is 2. The van der Waals surface area contributed by atoms with Crippen molar-refractivity contribution in [3.8, 4) is 0 Å². The topological polar surface area (TPSA) is 79.3 Å². The number of aromatic nitrogens is 3. The van der Waals surface area contributed by atoms with Crippen LogP contribution in [0.5, 0.6) is 0 Å². The van der Waals surface area contributed by atoms with E-state index in [0.717, 1.165) is 22.9 Å². The van der Waals surface area contributed by atoms with E-state index < -0.39 is 0 Å². The molecule has 5 rings (SSSR count). The Bertz CT molecular complexity index is 1430. The number of hydrogen-bond donors (Lipinski definition) is 2. The molecular formula is C23H18N4O2. The molecule has 0 atom stereocenters. The molecule has 0 aliphatic heterocycles. The summed E-state index contributed by atoms with van der Waals surface area (Å²) < 4.78 is 1.43. The summed E-state index contributed by atoms with van der Waals surface area (Å²) in [7, 11) is 0. The summed E-state index contributed by atoms with van der Waals surface area (Å²) in [5.74, 6) is -0.216. The summed E-state index contributed by atoms with van der Waals surface area (Å²) in [6.07, 6.45) is 4.25. The molecule has 0 saturated heterocycles. The number of rotatable bonds is 4. The molecule has 5 aromatic rings. The Labute approximate surface area is 165 Å². The number of nitrogens with one attached hydrogen (secondary N) is 2. The van der Waals surface area contributed by atoms with Gasteiger partial charge in [-0.15, -0.1) is 0 Å². The van der Waals surface area contributed by atoms with E-state index in [1.54, 1.807) is 30.5 Å². The Balaban J connectivity index is 1.37. The van der Waals surface area contributed by atoms with Crippen LogP contribution in [0.3, 0.4) is 0 Å². The molecule has 0 radical (unpaired) electrons. The van der Waals surface area contributed by atoms with Gasteiger partial charge in [0.1, 0.15) is 5.65 Å². The molecule has 29 heavy (non-hydrogen) atoms. The van der Waals surface area contributed by atoms with Gasteiger partial charge in [-0.3, -0.25) is 14.0 Å². The predicted octanol–water partition coefficient (Wildman–Crippen LogP) is 3.30. The van der Waals surface area contributed by atoms with Crippen molar-refractivity contribution in [2.75, 3.05) is 6.54 Å². The zero-order valence-corrected chi connectivity index (χ0v) is 15.6. The smallest absolute Gasteiger partial charge is 0.265 e. The van der Waals surface area contributed by atoms with Gasteiger partial charge < -0.3 is 10.3 Å². The molecule has 3 aromatic heterocycles. The average Bonchev–Trinajstić information content (AvgIpc) is 3.17. The van der Waals surface area contributed by atoms with Crippen LogP contribution in [0.15, 0.2) is 77.9 Å². The fourth-order valence-electron chi connectivity index (χ4n) is 3.64. The number of hydrogen-bond acceptors (Lipinski definition) is 3. The first-order valence-corrected chi connectivity index (χ1v) is 9.45. The number of H-pyrrole nitrogens is 1. The highest BCUT2D eigenvalue weighted by atomic mass is 16.1. The zero-order valence-electron chi connectivity index (χ0n) is 15.6. The average molecular weight is 382 g/mol. The lowest BCUT2D eigenvalue weighted by Crippen LogP contribution is -2.26. The lowest BCUT2D eigenvalue weighted by atomic mass is 10.1. The van der Waals surface area contributed by atoms with Crippen molar-refractivity contribution in [3.63, 3.8) is 0 Å². The molecule has 142 valence electrons. The van der Waals surface area contributed by atoms with Crippen molar-refractivity contribution in [1.82, 2.24) is 19.7 Å². The van der Waals surface area contributed by atoms with E-state index in [9.17, 15) is 9.59 Å². The molecule has 0 saturated carbocycles. The highest BCUT2D eigenvalue weighted by Gasteiger charge is 2.10. The van der Waals surface area contributed by atoms with Crippen molar-refractivity contribution in [2.45, 2.75) is 6.42 Å². The van der Waals surface area contributed by atoms with Gasteiger partial charge in [0.25, 0.3) is 11.5 Å². The summed E-state index contributed by atoms with van der Waals surface area (Å²) in [5.41, 5.74) is 3.65. The van der Waals surface area contributed by atoms with E-state index in [1.165, 1.54) is 4.40 Å². The first-order valence-electron chi connectivity index (χ1n) is 9.45. The number of carbonyl (C=O) groups excluding carboxylic acids is 1. The number of pyridine rings is 1. The fraction of sp³-hybridized carbons (Fsp3) is 0.0870. The fourth-order valence-corrected chi connectivity index (χ4v) is 3.64. The van der Waals surface area contributed by atoms with Gasteiger partial charge in [-0.1, -0.05) is 30.3 Å². The van der Waals surface area contributed by atoms with E-state index in [4.69, 9.17) is 0 Å². The standard InChI is InChI=1S/C23H18N4O2/c28-22(24-12-11-15-13-25-19-7-3-1-5-17(15)19)16-9-10-21-26-20-8-4-2-6-18(20)23(29)27(21)14-16/h1-10,13-14,25H,11-12H2,(H,24,28). The Hall–Kier alpha value is -3.93. The maximum atomic E-state index is 12.7. The van der Waals surface area contributed by atoms with E-state index in [0.29, 0.717) is 28.7 Å². The van der Waals surface area contributed by atoms with Gasteiger partial charge in [0, 0.05) is 29.8 Å². The number of para-hydroxylation sites is 2. The zero-order chi connectivity index (χ0) is 19.8. The van der Waals surface area contributed by atoms with Gasteiger partial charge in [-0.2, -0.15) is 0 Å². The molecule has 2 aromatic carbocycles. The molecular weight excluding hydrogens is 364 g/mol. The summed E-state index contributed by atoms with van der Waals surface area (Å²) in [5, 5.41) is 4.63. The van der Waals surface area contributed by atoms with Crippen LogP contribution in [-0.2, 0) is 6.42 Å². The monoisotopic (exact) mass is 382 g/mol. The largest absolute Gasteiger partial charge is 0.361 e. The highest BCUT2D eigenvalue weighted by Crippen LogP contribution is 2.17. The number of aromatic amines is 1. The first kappa shape index (κ1) is 17.2. The second-order valence-corrected chi connectivity index (χ2v) is 6.95. The van der Waals surface area contributed by atoms with Crippen molar-refractivity contribution < 1.29 is 4.79 Å². The van der Waals surface area contributed by atoms with Crippen LogP contribution in [0, 0.1) is 0 Å². The number of amides is 1. The Kier molecular flexibility index (Phi) is 4.09. The molecule has 3 heterocycles. The van der Waals surface area contributed by atoms with Gasteiger partial charge in [0.05, 0.1) is 16.5 Å². The summed E-state index contributed by atoms with van der Waals surface area (Å²) in [6.45, 7) is 0.504. The SMILES string of the molecule is O=C(NCCc1c[nH]c2ccccc12)c1ccc2nc3ccccc3c(=O)n2c1. The molecule has 0 unspecified atom stereocenters. The Morgan fingerprint density at radius 2 is 1.79 bits per heavy atom. The maximum Gasteiger partial charge on any atom is 0.265 e. The second kappa shape index (κ2) is 6.91. The van der Waals surface area contributed by atoms with Crippen LogP contribution in [0.25, 0.3) is 27.5 Å². The third-order valence-corrected chi connectivity index (χ3v) is 5.13. The van der Waals surface area contributed by atoms with E-state index in [-0.39, 0.29) is 11.5 Å². The van der Waals surface area contributed by atoms with Gasteiger partial charge in [0.15, 0.2) is 0 Å². The van der Waals surface area contributed by atoms with Gasteiger partial charge >= 0.3 is 0 Å². The molecule has 6 heteroatoms. The summed E-state index contributed by atoms with van der Waals surface area (Å²) in [4.78, 5) is 33.1. The normalized spacial score (nSPS) is 11.3. The summed E-state index contributed by atoms with van der Waals surface area (Å²) in [6, 6.07) is 18.7. The van der Waals surface area contributed by atoms with Crippen molar-refractivity contribution in [1.29, 1.82) is 0 Å². The van der Waals surface area contributed by atoms with Crippen LogP contribution in [0.1, 0.15) is 15.9 Å². The Morgan fingerprint density at radius 3 is 2.69 bits per heavy atom. The predicted molar refractivity (Wildman–Crippen MR) is 113 cm³/mol. The van der Waals surface area contributed by atoms with Crippen LogP contribution >= 0.6 is 0 Å². The minimum absolute atomic E-state index is 0.181. The third-order valence-electron chi connectivity index (χ3n) is 5.13. The summed E-state index contributed by atoms with van der Waals surface area (Å²) >= 11 is 0. The lowest BCUT2D eigenvalue weighted by molar-refractivity contribution is 0.0953. The number of benzene rings is 2. The van der Waals surface area contributed by atoms with Crippen LogP contribution in [0.2, 0.25) is 0 Å². The second-order valence-electron chi connectivity index (χ2n) is 6.95. The van der Waals surface area contributed by atoms with Crippen molar-refractivity contribution in [3.05, 3.63) is 94.5 Å². The quantitative estimate of drug-likeness (QED) is 0.468. The molecule has 0 spiro atoms. The van der Waals surface area contributed by atoms with Crippen molar-refractivity contribution >= 4 is 33.4 Å². The lowest BCUT2D eigenvalue weighted by Gasteiger charge is -2.08. The number of carbonyl (C=O) groups is 1.